The molecule has 5 aromatic rings. The molecular formula is C23H20F3N7S. The van der Waals surface area contributed by atoms with E-state index in [-0.39, 0.29) is 17.9 Å². The van der Waals surface area contributed by atoms with Crippen molar-refractivity contribution >= 4 is 33.0 Å². The van der Waals surface area contributed by atoms with Crippen molar-refractivity contribution in [3.8, 4) is 11.5 Å². The number of fused-ring (bicyclic) bond motifs is 4. The number of hydrogen-bond acceptors (Lipinski definition) is 6. The largest absolute Gasteiger partial charge is 0.410 e. The Balaban J connectivity index is 1.40. The Labute approximate surface area is 196 Å². The Morgan fingerprint density at radius 2 is 1.91 bits per heavy atom. The molecule has 1 aliphatic heterocycles. The predicted octanol–water partition coefficient (Wildman–Crippen LogP) is 5.99. The molecule has 11 heteroatoms. The normalized spacial score (nSPS) is 18.5. The molecule has 0 aliphatic carbocycles. The number of thiophene rings is 1. The van der Waals surface area contributed by atoms with E-state index in [0.717, 1.165) is 26.0 Å². The summed E-state index contributed by atoms with van der Waals surface area (Å²) in [4.78, 5) is 9.71. The molecule has 174 valence electrons. The maximum atomic E-state index is 14.1. The first-order valence-electron chi connectivity index (χ1n) is 10.9. The molecule has 0 saturated heterocycles. The quantitative estimate of drug-likeness (QED) is 0.341. The van der Waals surface area contributed by atoms with Crippen LogP contribution in [0, 0.1) is 0 Å². The molecule has 34 heavy (non-hydrogen) atoms. The van der Waals surface area contributed by atoms with E-state index in [2.05, 4.69) is 39.3 Å². The SMILES string of the molecule is CC(C)c1ccc(C2CC(C(F)(F)F)n3nc(-c4nc5c6ccsc6ncn5n4)cc3N2)cc1. The summed E-state index contributed by atoms with van der Waals surface area (Å²) in [6.45, 7) is 4.17. The third kappa shape index (κ3) is 3.42. The van der Waals surface area contributed by atoms with Crippen molar-refractivity contribution in [1.82, 2.24) is 29.4 Å². The van der Waals surface area contributed by atoms with Crippen LogP contribution in [0.2, 0.25) is 0 Å². The number of nitrogens with one attached hydrogen (secondary N) is 1. The lowest BCUT2D eigenvalue weighted by Gasteiger charge is -2.33. The number of benzene rings is 1. The summed E-state index contributed by atoms with van der Waals surface area (Å²) in [5.74, 6) is 0.894. The number of aromatic nitrogens is 6. The van der Waals surface area contributed by atoms with Gasteiger partial charge >= 0.3 is 6.18 Å². The number of halogens is 3. The first-order valence-corrected chi connectivity index (χ1v) is 11.8. The third-order valence-electron chi connectivity index (χ3n) is 6.23. The summed E-state index contributed by atoms with van der Waals surface area (Å²) >= 11 is 1.49. The van der Waals surface area contributed by atoms with Gasteiger partial charge in [0.1, 0.15) is 22.7 Å². The van der Waals surface area contributed by atoms with E-state index in [1.807, 2.05) is 35.7 Å². The molecule has 0 bridgehead atoms. The molecule has 0 fully saturated rings. The molecule has 0 spiro atoms. The average molecular weight is 484 g/mol. The molecule has 0 saturated carbocycles. The summed E-state index contributed by atoms with van der Waals surface area (Å²) in [5, 5.41) is 14.7. The van der Waals surface area contributed by atoms with E-state index >= 15 is 0 Å². The molecule has 0 radical (unpaired) electrons. The molecule has 1 aliphatic rings. The zero-order valence-corrected chi connectivity index (χ0v) is 19.1. The van der Waals surface area contributed by atoms with Gasteiger partial charge in [0, 0.05) is 12.5 Å². The molecule has 6 rings (SSSR count). The van der Waals surface area contributed by atoms with Crippen molar-refractivity contribution in [2.45, 2.75) is 44.4 Å². The van der Waals surface area contributed by atoms with Crippen molar-refractivity contribution < 1.29 is 13.2 Å². The maximum absolute atomic E-state index is 14.1. The van der Waals surface area contributed by atoms with Crippen LogP contribution in [0.1, 0.15) is 49.4 Å². The van der Waals surface area contributed by atoms with Gasteiger partial charge in [0.15, 0.2) is 11.7 Å². The molecule has 4 aromatic heterocycles. The van der Waals surface area contributed by atoms with E-state index < -0.39 is 18.3 Å². The van der Waals surface area contributed by atoms with Crippen LogP contribution in [0.4, 0.5) is 19.0 Å². The van der Waals surface area contributed by atoms with Crippen LogP contribution in [0.25, 0.3) is 27.4 Å². The number of rotatable bonds is 3. The molecule has 2 unspecified atom stereocenters. The third-order valence-corrected chi connectivity index (χ3v) is 7.05. The topological polar surface area (TPSA) is 72.9 Å². The predicted molar refractivity (Wildman–Crippen MR) is 124 cm³/mol. The summed E-state index contributed by atoms with van der Waals surface area (Å²) in [7, 11) is 0. The van der Waals surface area contributed by atoms with Crippen LogP contribution in [0.15, 0.2) is 48.1 Å². The highest BCUT2D eigenvalue weighted by atomic mass is 32.1. The number of alkyl halides is 3. The summed E-state index contributed by atoms with van der Waals surface area (Å²) < 4.78 is 44.7. The minimum atomic E-state index is -4.45. The fourth-order valence-corrected chi connectivity index (χ4v) is 5.12. The number of nitrogens with zero attached hydrogens (tertiary/aromatic N) is 6. The second kappa shape index (κ2) is 7.52. The Kier molecular flexibility index (Phi) is 4.67. The highest BCUT2D eigenvalue weighted by Crippen LogP contribution is 2.44. The zero-order valence-electron chi connectivity index (χ0n) is 18.3. The van der Waals surface area contributed by atoms with Crippen molar-refractivity contribution in [2.75, 3.05) is 5.32 Å². The smallest absolute Gasteiger partial charge is 0.363 e. The fourth-order valence-electron chi connectivity index (χ4n) is 4.39. The van der Waals surface area contributed by atoms with Crippen molar-refractivity contribution in [2.24, 2.45) is 0 Å². The van der Waals surface area contributed by atoms with Gasteiger partial charge in [-0.1, -0.05) is 38.1 Å². The summed E-state index contributed by atoms with van der Waals surface area (Å²) in [5.41, 5.74) is 2.83. The second-order valence-electron chi connectivity index (χ2n) is 8.76. The minimum absolute atomic E-state index is 0.156. The van der Waals surface area contributed by atoms with Gasteiger partial charge in [-0.2, -0.15) is 18.3 Å². The zero-order chi connectivity index (χ0) is 23.6. The highest BCUT2D eigenvalue weighted by molar-refractivity contribution is 7.16. The molecule has 1 N–H and O–H groups in total. The maximum Gasteiger partial charge on any atom is 0.410 e. The van der Waals surface area contributed by atoms with Gasteiger partial charge in [0.2, 0.25) is 5.82 Å². The van der Waals surface area contributed by atoms with Gasteiger partial charge < -0.3 is 5.32 Å². The molecule has 2 atom stereocenters. The molecule has 0 amide bonds. The van der Waals surface area contributed by atoms with Crippen molar-refractivity contribution in [3.05, 3.63) is 59.2 Å². The van der Waals surface area contributed by atoms with Crippen LogP contribution in [-0.2, 0) is 0 Å². The van der Waals surface area contributed by atoms with Gasteiger partial charge in [-0.15, -0.1) is 16.4 Å². The van der Waals surface area contributed by atoms with Crippen LogP contribution in [-0.4, -0.2) is 35.5 Å². The number of hydrogen-bond donors (Lipinski definition) is 1. The monoisotopic (exact) mass is 483 g/mol. The molecule has 7 nitrogen and oxygen atoms in total. The van der Waals surface area contributed by atoms with E-state index in [1.54, 1.807) is 12.4 Å². The molecular weight excluding hydrogens is 463 g/mol. The fraction of sp³-hybridized carbons (Fsp3) is 0.304. The summed E-state index contributed by atoms with van der Waals surface area (Å²) in [6.07, 6.45) is -3.06. The van der Waals surface area contributed by atoms with Crippen LogP contribution >= 0.6 is 11.3 Å². The standard InChI is InChI=1S/C23H20F3N7S/c1-12(2)13-3-5-14(6-4-13)16-9-18(23(24,25)26)33-19(28-16)10-17(30-33)20-29-21-15-7-8-34-22(15)27-11-32(21)31-20/h3-8,10-12,16,18,28H,9H2,1-2H3. The van der Waals surface area contributed by atoms with E-state index in [4.69, 9.17) is 0 Å². The van der Waals surface area contributed by atoms with Gasteiger partial charge in [-0.3, -0.25) is 0 Å². The van der Waals surface area contributed by atoms with Crippen LogP contribution in [0.5, 0.6) is 0 Å². The van der Waals surface area contributed by atoms with Gasteiger partial charge in [-0.05, 0) is 28.5 Å². The molecule has 1 aromatic carbocycles. The van der Waals surface area contributed by atoms with Crippen molar-refractivity contribution in [3.63, 3.8) is 0 Å². The highest BCUT2D eigenvalue weighted by Gasteiger charge is 2.46. The second-order valence-corrected chi connectivity index (χ2v) is 9.65. The van der Waals surface area contributed by atoms with Gasteiger partial charge in [0.25, 0.3) is 0 Å². The van der Waals surface area contributed by atoms with Gasteiger partial charge in [0.05, 0.1) is 11.4 Å². The van der Waals surface area contributed by atoms with E-state index in [0.29, 0.717) is 17.4 Å². The van der Waals surface area contributed by atoms with Crippen LogP contribution in [0.3, 0.4) is 0 Å². The Bertz CT molecular complexity index is 1500. The summed E-state index contributed by atoms with van der Waals surface area (Å²) in [6, 6.07) is 8.98. The van der Waals surface area contributed by atoms with E-state index in [1.165, 1.54) is 15.9 Å². The average Bonchev–Trinajstić information content (AvgIpc) is 3.54. The molecule has 5 heterocycles. The van der Waals surface area contributed by atoms with Gasteiger partial charge in [-0.25, -0.2) is 19.2 Å². The van der Waals surface area contributed by atoms with E-state index in [9.17, 15) is 13.2 Å². The van der Waals surface area contributed by atoms with Crippen LogP contribution < -0.4 is 5.32 Å². The first-order chi connectivity index (χ1) is 16.3. The lowest BCUT2D eigenvalue weighted by molar-refractivity contribution is -0.173. The minimum Gasteiger partial charge on any atom is -0.363 e. The lowest BCUT2D eigenvalue weighted by Crippen LogP contribution is -2.35. The number of anilines is 1. The Morgan fingerprint density at radius 3 is 2.65 bits per heavy atom. The first kappa shape index (κ1) is 21.1. The Morgan fingerprint density at radius 1 is 1.12 bits per heavy atom. The Hall–Kier alpha value is -3.47. The lowest BCUT2D eigenvalue weighted by atomic mass is 9.94. The van der Waals surface area contributed by atoms with Crippen molar-refractivity contribution in [1.29, 1.82) is 0 Å².